The van der Waals surface area contributed by atoms with Crippen molar-refractivity contribution in [3.8, 4) is 11.5 Å². The minimum atomic E-state index is -1.90. The zero-order valence-corrected chi connectivity index (χ0v) is 13.3. The number of benzene rings is 2. The molecule has 0 spiro atoms. The summed E-state index contributed by atoms with van der Waals surface area (Å²) in [6.07, 6.45) is 0. The Bertz CT molecular complexity index is 597. The molecule has 0 unspecified atom stereocenters. The van der Waals surface area contributed by atoms with Gasteiger partial charge in [0.15, 0.2) is 0 Å². The summed E-state index contributed by atoms with van der Waals surface area (Å²) in [5.74, 6) is 1.05. The highest BCUT2D eigenvalue weighted by Gasteiger charge is 2.39. The van der Waals surface area contributed by atoms with E-state index in [9.17, 15) is 5.11 Å². The molecule has 2 aromatic carbocycles. The lowest BCUT2D eigenvalue weighted by atomic mass is 10.1. The molecule has 0 fully saturated rings. The van der Waals surface area contributed by atoms with E-state index < -0.39 is 8.32 Å². The third-order valence-electron chi connectivity index (χ3n) is 3.98. The smallest absolute Gasteiger partial charge is 0.250 e. The molecule has 0 saturated heterocycles. The van der Waals surface area contributed by atoms with Crippen LogP contribution in [0.25, 0.3) is 10.8 Å². The van der Waals surface area contributed by atoms with Gasteiger partial charge in [-0.3, -0.25) is 0 Å². The van der Waals surface area contributed by atoms with Crippen molar-refractivity contribution in [2.24, 2.45) is 0 Å². The molecule has 2 rings (SSSR count). The Morgan fingerprint density at radius 1 is 1.05 bits per heavy atom. The first-order valence-electron chi connectivity index (χ1n) is 6.61. The highest BCUT2D eigenvalue weighted by Crippen LogP contribution is 2.40. The summed E-state index contributed by atoms with van der Waals surface area (Å²) in [7, 11) is -1.90. The molecule has 2 aromatic rings. The summed E-state index contributed by atoms with van der Waals surface area (Å²) in [4.78, 5) is 0. The molecule has 0 atom stereocenters. The van der Waals surface area contributed by atoms with Gasteiger partial charge in [-0.25, -0.2) is 0 Å². The van der Waals surface area contributed by atoms with E-state index in [4.69, 9.17) is 4.43 Å². The summed E-state index contributed by atoms with van der Waals surface area (Å²) in [5, 5.41) is 12.1. The lowest BCUT2D eigenvalue weighted by Crippen LogP contribution is -2.43. The molecular weight excluding hydrogens is 252 g/mol. The fourth-order valence-electron chi connectivity index (χ4n) is 1.77. The van der Waals surface area contributed by atoms with Crippen LogP contribution >= 0.6 is 0 Å². The predicted octanol–water partition coefficient (Wildman–Crippen LogP) is 4.93. The molecule has 0 heterocycles. The van der Waals surface area contributed by atoms with Gasteiger partial charge in [-0.05, 0) is 29.6 Å². The maximum atomic E-state index is 9.85. The molecule has 0 aliphatic carbocycles. The highest BCUT2D eigenvalue weighted by atomic mass is 28.4. The van der Waals surface area contributed by atoms with Gasteiger partial charge in [0, 0.05) is 11.5 Å². The zero-order chi connectivity index (χ0) is 14.3. The molecule has 3 heteroatoms. The van der Waals surface area contributed by atoms with E-state index in [2.05, 4.69) is 33.9 Å². The SMILES string of the molecule is CC(C)(C)[Si](C)(C)Oc1cc(O)cc2ccccc12. The maximum Gasteiger partial charge on any atom is 0.250 e. The first kappa shape index (κ1) is 13.9. The average molecular weight is 274 g/mol. The minimum Gasteiger partial charge on any atom is -0.543 e. The lowest BCUT2D eigenvalue weighted by molar-refractivity contribution is 0.464. The number of hydrogen-bond donors (Lipinski definition) is 1. The van der Waals surface area contributed by atoms with Gasteiger partial charge in [-0.2, -0.15) is 0 Å². The predicted molar refractivity (Wildman–Crippen MR) is 83.4 cm³/mol. The molecule has 1 N–H and O–H groups in total. The van der Waals surface area contributed by atoms with Gasteiger partial charge < -0.3 is 9.53 Å². The van der Waals surface area contributed by atoms with Crippen molar-refractivity contribution in [3.05, 3.63) is 36.4 Å². The maximum absolute atomic E-state index is 9.85. The second kappa shape index (κ2) is 4.56. The van der Waals surface area contributed by atoms with E-state index in [-0.39, 0.29) is 10.8 Å². The average Bonchev–Trinajstić information content (AvgIpc) is 2.26. The Labute approximate surface area is 116 Å². The first-order valence-corrected chi connectivity index (χ1v) is 9.52. The summed E-state index contributed by atoms with van der Waals surface area (Å²) in [6, 6.07) is 11.5. The van der Waals surface area contributed by atoms with E-state index in [1.54, 1.807) is 12.1 Å². The van der Waals surface area contributed by atoms with Crippen molar-refractivity contribution >= 4 is 19.1 Å². The third kappa shape index (κ3) is 2.76. The summed E-state index contributed by atoms with van der Waals surface area (Å²) < 4.78 is 6.34. The highest BCUT2D eigenvalue weighted by molar-refractivity contribution is 6.74. The normalized spacial score (nSPS) is 12.7. The van der Waals surface area contributed by atoms with E-state index in [0.29, 0.717) is 0 Å². The van der Waals surface area contributed by atoms with Crippen molar-refractivity contribution in [1.82, 2.24) is 0 Å². The van der Waals surface area contributed by atoms with Gasteiger partial charge in [0.1, 0.15) is 11.5 Å². The van der Waals surface area contributed by atoms with Crippen LogP contribution in [0.4, 0.5) is 0 Å². The van der Waals surface area contributed by atoms with E-state index >= 15 is 0 Å². The molecule has 0 amide bonds. The fourth-order valence-corrected chi connectivity index (χ4v) is 2.80. The van der Waals surface area contributed by atoms with Crippen LogP contribution < -0.4 is 4.43 Å². The van der Waals surface area contributed by atoms with Gasteiger partial charge in [0.05, 0.1) is 0 Å². The zero-order valence-electron chi connectivity index (χ0n) is 12.3. The van der Waals surface area contributed by atoms with Crippen LogP contribution in [0.15, 0.2) is 36.4 Å². The van der Waals surface area contributed by atoms with Crippen molar-refractivity contribution < 1.29 is 9.53 Å². The van der Waals surface area contributed by atoms with Crippen molar-refractivity contribution in [2.75, 3.05) is 0 Å². The van der Waals surface area contributed by atoms with Crippen molar-refractivity contribution in [1.29, 1.82) is 0 Å². The Morgan fingerprint density at radius 3 is 2.32 bits per heavy atom. The van der Waals surface area contributed by atoms with Crippen LogP contribution in [-0.4, -0.2) is 13.4 Å². The standard InChI is InChI=1S/C16H22O2Si/c1-16(2,3)19(4,5)18-15-11-13(17)10-12-8-6-7-9-14(12)15/h6-11,17H,1-5H3. The molecule has 19 heavy (non-hydrogen) atoms. The minimum absolute atomic E-state index is 0.138. The molecule has 0 aliphatic heterocycles. The molecule has 0 aromatic heterocycles. The van der Waals surface area contributed by atoms with Crippen LogP contribution in [0.5, 0.6) is 11.5 Å². The van der Waals surface area contributed by atoms with Crippen LogP contribution in [0, 0.1) is 0 Å². The van der Waals surface area contributed by atoms with Gasteiger partial charge in [0.25, 0.3) is 8.32 Å². The number of rotatable bonds is 2. The summed E-state index contributed by atoms with van der Waals surface area (Å²) in [6.45, 7) is 11.1. The quantitative estimate of drug-likeness (QED) is 0.787. The number of fused-ring (bicyclic) bond motifs is 1. The van der Waals surface area contributed by atoms with Gasteiger partial charge in [0.2, 0.25) is 0 Å². The second-order valence-corrected chi connectivity index (χ2v) is 11.3. The topological polar surface area (TPSA) is 29.5 Å². The second-order valence-electron chi connectivity index (χ2n) is 6.53. The van der Waals surface area contributed by atoms with Crippen molar-refractivity contribution in [2.45, 2.75) is 38.9 Å². The number of aromatic hydroxyl groups is 1. The van der Waals surface area contributed by atoms with Crippen LogP contribution in [0.1, 0.15) is 20.8 Å². The van der Waals surface area contributed by atoms with E-state index in [1.165, 1.54) is 0 Å². The van der Waals surface area contributed by atoms with Gasteiger partial charge in [-0.1, -0.05) is 45.0 Å². The van der Waals surface area contributed by atoms with Crippen LogP contribution in [-0.2, 0) is 0 Å². The molecule has 102 valence electrons. The largest absolute Gasteiger partial charge is 0.543 e. The Balaban J connectivity index is 2.52. The van der Waals surface area contributed by atoms with Crippen LogP contribution in [0.2, 0.25) is 18.1 Å². The Kier molecular flexibility index (Phi) is 3.35. The Morgan fingerprint density at radius 2 is 1.68 bits per heavy atom. The molecule has 0 bridgehead atoms. The third-order valence-corrected chi connectivity index (χ3v) is 8.32. The van der Waals surface area contributed by atoms with E-state index in [0.717, 1.165) is 16.5 Å². The van der Waals surface area contributed by atoms with Crippen LogP contribution in [0.3, 0.4) is 0 Å². The lowest BCUT2D eigenvalue weighted by Gasteiger charge is -2.36. The van der Waals surface area contributed by atoms with E-state index in [1.807, 2.05) is 24.3 Å². The number of phenols is 1. The monoisotopic (exact) mass is 274 g/mol. The Hall–Kier alpha value is -1.48. The number of phenolic OH excluding ortho intramolecular Hbond substituents is 1. The summed E-state index contributed by atoms with van der Waals surface area (Å²) >= 11 is 0. The fraction of sp³-hybridized carbons (Fsp3) is 0.375. The summed E-state index contributed by atoms with van der Waals surface area (Å²) in [5.41, 5.74) is 0. The molecule has 0 saturated carbocycles. The molecule has 0 aliphatic rings. The van der Waals surface area contributed by atoms with Crippen molar-refractivity contribution in [3.63, 3.8) is 0 Å². The molecular formula is C16H22O2Si. The number of hydrogen-bond acceptors (Lipinski definition) is 2. The molecule has 2 nitrogen and oxygen atoms in total. The van der Waals surface area contributed by atoms with Gasteiger partial charge >= 0.3 is 0 Å². The first-order chi connectivity index (χ1) is 8.71. The van der Waals surface area contributed by atoms with Gasteiger partial charge in [-0.15, -0.1) is 0 Å². The molecule has 0 radical (unpaired) electrons.